The molecule has 5 nitrogen and oxygen atoms in total. The first-order valence-electron chi connectivity index (χ1n) is 9.18. The molecule has 0 bridgehead atoms. The molecule has 2 aliphatic rings. The zero-order valence-electron chi connectivity index (χ0n) is 14.7. The van der Waals surface area contributed by atoms with E-state index in [1.165, 1.54) is 24.0 Å². The molecule has 1 heterocycles. The number of amides is 2. The molecule has 0 unspecified atom stereocenters. The van der Waals surface area contributed by atoms with Gasteiger partial charge in [0.05, 0.1) is 6.54 Å². The van der Waals surface area contributed by atoms with E-state index in [1.807, 2.05) is 12.1 Å². The predicted molar refractivity (Wildman–Crippen MR) is 99.0 cm³/mol. The molecule has 5 heteroatoms. The highest BCUT2D eigenvalue weighted by molar-refractivity contribution is 5.98. The molecule has 1 aliphatic carbocycles. The van der Waals surface area contributed by atoms with Crippen LogP contribution < -0.4 is 11.5 Å². The normalized spacial score (nSPS) is 19.4. The van der Waals surface area contributed by atoms with Crippen LogP contribution in [0.4, 0.5) is 0 Å². The van der Waals surface area contributed by atoms with E-state index in [1.54, 1.807) is 0 Å². The van der Waals surface area contributed by atoms with Crippen LogP contribution in [0.15, 0.2) is 24.3 Å². The minimum atomic E-state index is -0.357. The van der Waals surface area contributed by atoms with E-state index in [9.17, 15) is 9.59 Å². The van der Waals surface area contributed by atoms with Crippen molar-refractivity contribution in [2.45, 2.75) is 44.4 Å². The fraction of sp³-hybridized carbons (Fsp3) is 0.500. The predicted octanol–water partition coefficient (Wildman–Crippen LogP) is 2.41. The van der Waals surface area contributed by atoms with Gasteiger partial charge in [-0.2, -0.15) is 0 Å². The van der Waals surface area contributed by atoms with Crippen LogP contribution in [0.3, 0.4) is 0 Å². The van der Waals surface area contributed by atoms with Gasteiger partial charge in [0.2, 0.25) is 11.8 Å². The number of benzene rings is 1. The summed E-state index contributed by atoms with van der Waals surface area (Å²) in [5, 5.41) is 0. The monoisotopic (exact) mass is 341 g/mol. The second kappa shape index (κ2) is 7.83. The number of primary amides is 2. The lowest BCUT2D eigenvalue weighted by atomic mass is 9.84. The van der Waals surface area contributed by atoms with Crippen molar-refractivity contribution in [3.63, 3.8) is 0 Å². The van der Waals surface area contributed by atoms with Gasteiger partial charge < -0.3 is 11.5 Å². The van der Waals surface area contributed by atoms with Crippen molar-refractivity contribution in [2.24, 2.45) is 11.5 Å². The maximum Gasteiger partial charge on any atom is 0.249 e. The molecule has 1 aromatic carbocycles. The molecular formula is C20H27N3O2. The van der Waals surface area contributed by atoms with Crippen LogP contribution in [0.2, 0.25) is 0 Å². The van der Waals surface area contributed by atoms with E-state index >= 15 is 0 Å². The third-order valence-electron chi connectivity index (χ3n) is 5.38. The molecule has 4 N–H and O–H groups in total. The molecule has 0 aromatic heterocycles. The molecular weight excluding hydrogens is 314 g/mol. The van der Waals surface area contributed by atoms with Crippen molar-refractivity contribution in [2.75, 3.05) is 19.6 Å². The van der Waals surface area contributed by atoms with Gasteiger partial charge in [-0.05, 0) is 80.3 Å². The van der Waals surface area contributed by atoms with Crippen molar-refractivity contribution >= 4 is 17.4 Å². The summed E-state index contributed by atoms with van der Waals surface area (Å²) in [6.45, 7) is 2.10. The van der Waals surface area contributed by atoms with Crippen LogP contribution in [0.25, 0.3) is 5.57 Å². The van der Waals surface area contributed by atoms with Crippen molar-refractivity contribution < 1.29 is 9.59 Å². The highest BCUT2D eigenvalue weighted by Gasteiger charge is 2.23. The molecule has 0 radical (unpaired) electrons. The van der Waals surface area contributed by atoms with E-state index in [0.717, 1.165) is 44.3 Å². The molecule has 1 fully saturated rings. The van der Waals surface area contributed by atoms with Gasteiger partial charge in [0, 0.05) is 5.56 Å². The van der Waals surface area contributed by atoms with Gasteiger partial charge in [0.1, 0.15) is 0 Å². The molecule has 0 saturated carbocycles. The Bertz CT molecular complexity index is 688. The van der Waals surface area contributed by atoms with Gasteiger partial charge in [-0.25, -0.2) is 0 Å². The topological polar surface area (TPSA) is 89.4 Å². The molecule has 2 amide bonds. The zero-order valence-corrected chi connectivity index (χ0v) is 14.7. The number of piperidine rings is 1. The quantitative estimate of drug-likeness (QED) is 0.862. The fourth-order valence-corrected chi connectivity index (χ4v) is 4.02. The summed E-state index contributed by atoms with van der Waals surface area (Å²) in [5.74, 6) is -0.172. The van der Waals surface area contributed by atoms with Gasteiger partial charge >= 0.3 is 0 Å². The molecule has 134 valence electrons. The minimum absolute atomic E-state index is 0.268. The average molecular weight is 341 g/mol. The van der Waals surface area contributed by atoms with Gasteiger partial charge in [-0.1, -0.05) is 18.2 Å². The third kappa shape index (κ3) is 4.28. The number of nitrogens with two attached hydrogens (primary N) is 2. The van der Waals surface area contributed by atoms with Crippen molar-refractivity contribution in [1.29, 1.82) is 0 Å². The lowest BCUT2D eigenvalue weighted by molar-refractivity contribution is -0.119. The first-order chi connectivity index (χ1) is 12.0. The first-order valence-corrected chi connectivity index (χ1v) is 9.18. The third-order valence-corrected chi connectivity index (χ3v) is 5.38. The molecule has 1 aromatic rings. The van der Waals surface area contributed by atoms with Gasteiger partial charge in [0.15, 0.2) is 0 Å². The van der Waals surface area contributed by atoms with Gasteiger partial charge in [-0.15, -0.1) is 0 Å². The Morgan fingerprint density at radius 1 is 1.12 bits per heavy atom. The Hall–Kier alpha value is -2.14. The molecule has 25 heavy (non-hydrogen) atoms. The van der Waals surface area contributed by atoms with Crippen LogP contribution in [-0.2, 0) is 4.79 Å². The highest BCUT2D eigenvalue weighted by atomic mass is 16.1. The summed E-state index contributed by atoms with van der Waals surface area (Å²) < 4.78 is 0. The highest BCUT2D eigenvalue weighted by Crippen LogP contribution is 2.34. The molecule has 0 atom stereocenters. The second-order valence-electron chi connectivity index (χ2n) is 7.16. The average Bonchev–Trinajstić information content (AvgIpc) is 2.62. The number of carbonyl (C=O) groups excluding carboxylic acids is 2. The number of rotatable bonds is 5. The van der Waals surface area contributed by atoms with Gasteiger partial charge in [0.25, 0.3) is 0 Å². The van der Waals surface area contributed by atoms with Crippen LogP contribution in [0, 0.1) is 0 Å². The zero-order chi connectivity index (χ0) is 17.8. The van der Waals surface area contributed by atoms with Crippen LogP contribution in [0.5, 0.6) is 0 Å². The second-order valence-corrected chi connectivity index (χ2v) is 7.16. The van der Waals surface area contributed by atoms with E-state index < -0.39 is 0 Å². The summed E-state index contributed by atoms with van der Waals surface area (Å²) in [5.41, 5.74) is 15.1. The van der Waals surface area contributed by atoms with Gasteiger partial charge in [-0.3, -0.25) is 14.5 Å². The Labute approximate surface area is 149 Å². The number of nitrogens with zero attached hydrogens (tertiary/aromatic N) is 1. The number of likely N-dealkylation sites (tertiary alicyclic amines) is 1. The number of hydrogen-bond donors (Lipinski definition) is 2. The van der Waals surface area contributed by atoms with Crippen molar-refractivity contribution in [3.05, 3.63) is 41.0 Å². The standard InChI is InChI=1S/C20H27N3O2/c21-19(24)13-23-10-8-14(9-11-23)16-6-7-17(20(22)25)18(12-16)15-4-2-1-3-5-15/h4,6-7,12,14H,1-3,5,8-11,13H2,(H2,21,24)(H2,22,25). The lowest BCUT2D eigenvalue weighted by Gasteiger charge is -2.31. The van der Waals surface area contributed by atoms with Crippen LogP contribution in [-0.4, -0.2) is 36.3 Å². The fourth-order valence-electron chi connectivity index (χ4n) is 4.02. The maximum atomic E-state index is 11.8. The summed E-state index contributed by atoms with van der Waals surface area (Å²) in [6.07, 6.45) is 8.73. The Kier molecular flexibility index (Phi) is 5.53. The Morgan fingerprint density at radius 3 is 2.48 bits per heavy atom. The minimum Gasteiger partial charge on any atom is -0.369 e. The number of carbonyl (C=O) groups is 2. The smallest absolute Gasteiger partial charge is 0.249 e. The summed E-state index contributed by atoms with van der Waals surface area (Å²) in [7, 11) is 0. The summed E-state index contributed by atoms with van der Waals surface area (Å²) in [6, 6.07) is 6.10. The number of hydrogen-bond acceptors (Lipinski definition) is 3. The van der Waals surface area contributed by atoms with E-state index in [4.69, 9.17) is 11.5 Å². The number of allylic oxidation sites excluding steroid dienone is 2. The largest absolute Gasteiger partial charge is 0.369 e. The lowest BCUT2D eigenvalue weighted by Crippen LogP contribution is -2.39. The van der Waals surface area contributed by atoms with E-state index in [-0.39, 0.29) is 11.8 Å². The van der Waals surface area contributed by atoms with E-state index in [2.05, 4.69) is 17.0 Å². The van der Waals surface area contributed by atoms with Crippen LogP contribution in [0.1, 0.15) is 65.9 Å². The van der Waals surface area contributed by atoms with Crippen LogP contribution >= 0.6 is 0 Å². The molecule has 1 aliphatic heterocycles. The Balaban J connectivity index is 1.80. The SMILES string of the molecule is NC(=O)CN1CCC(c2ccc(C(N)=O)c(C3=CCCCC3)c2)CC1. The molecule has 3 rings (SSSR count). The summed E-state index contributed by atoms with van der Waals surface area (Å²) >= 11 is 0. The first kappa shape index (κ1) is 17.7. The van der Waals surface area contributed by atoms with E-state index in [0.29, 0.717) is 18.0 Å². The molecule has 1 saturated heterocycles. The molecule has 0 spiro atoms. The van der Waals surface area contributed by atoms with Crippen molar-refractivity contribution in [3.8, 4) is 0 Å². The Morgan fingerprint density at radius 2 is 1.88 bits per heavy atom. The maximum absolute atomic E-state index is 11.8. The summed E-state index contributed by atoms with van der Waals surface area (Å²) in [4.78, 5) is 25.0. The van der Waals surface area contributed by atoms with Crippen molar-refractivity contribution in [1.82, 2.24) is 4.90 Å².